The topological polar surface area (TPSA) is 89.1 Å². The molecule has 0 aliphatic carbocycles. The highest BCUT2D eigenvalue weighted by atomic mass is 19.3. The average molecular weight is 477 g/mol. The summed E-state index contributed by atoms with van der Waals surface area (Å²) in [7, 11) is 1.45. The molecule has 2 aromatic heterocycles. The molecule has 34 heavy (non-hydrogen) atoms. The van der Waals surface area contributed by atoms with E-state index < -0.39 is 12.2 Å². The van der Waals surface area contributed by atoms with Gasteiger partial charge in [-0.25, -0.2) is 27.8 Å². The first-order valence-corrected chi connectivity index (χ1v) is 10.8. The minimum atomic E-state index is -2.79. The van der Waals surface area contributed by atoms with Crippen LogP contribution < -0.4 is 5.32 Å². The number of fused-ring (bicyclic) bond motifs is 1. The van der Waals surface area contributed by atoms with Crippen LogP contribution >= 0.6 is 0 Å². The number of aromatic nitrogens is 4. The Morgan fingerprint density at radius 3 is 2.74 bits per heavy atom. The summed E-state index contributed by atoms with van der Waals surface area (Å²) in [4.78, 5) is 21.6. The van der Waals surface area contributed by atoms with Crippen LogP contribution in [0.25, 0.3) is 11.1 Å². The second kappa shape index (κ2) is 11.0. The highest BCUT2D eigenvalue weighted by molar-refractivity contribution is 5.91. The summed E-state index contributed by atoms with van der Waals surface area (Å²) in [6, 6.07) is 4.63. The number of allylic oxidation sites excluding steroid dienone is 1. The molecule has 1 aliphatic heterocycles. The molecular weight excluding hydrogens is 449 g/mol. The van der Waals surface area contributed by atoms with E-state index in [-0.39, 0.29) is 23.1 Å². The van der Waals surface area contributed by atoms with Crippen LogP contribution in [0.5, 0.6) is 0 Å². The Morgan fingerprint density at radius 1 is 1.35 bits per heavy atom. The van der Waals surface area contributed by atoms with E-state index in [0.717, 1.165) is 22.4 Å². The largest absolute Gasteiger partial charge is 0.440 e. The Morgan fingerprint density at radius 2 is 2.12 bits per heavy atom. The number of hydrogen-bond acceptors (Lipinski definition) is 6. The zero-order chi connectivity index (χ0) is 24.8. The normalized spacial score (nSPS) is 14.5. The third-order valence-electron chi connectivity index (χ3n) is 5.39. The highest BCUT2D eigenvalue weighted by Gasteiger charge is 2.27. The van der Waals surface area contributed by atoms with E-state index >= 15 is 0 Å². The number of halogens is 3. The van der Waals surface area contributed by atoms with E-state index in [1.165, 1.54) is 25.1 Å². The van der Waals surface area contributed by atoms with Crippen molar-refractivity contribution < 1.29 is 22.4 Å². The number of carbonyl (C=O) groups excluding carboxylic acids is 1. The molecule has 4 rings (SSSR count). The molecule has 0 saturated heterocycles. The van der Waals surface area contributed by atoms with Gasteiger partial charge in [-0.2, -0.15) is 0 Å². The van der Waals surface area contributed by atoms with Crippen LogP contribution in [0, 0.1) is 5.82 Å². The minimum Gasteiger partial charge on any atom is -0.440 e. The first-order chi connectivity index (χ1) is 16.2. The lowest BCUT2D eigenvalue weighted by atomic mass is 10.1. The fourth-order valence-corrected chi connectivity index (χ4v) is 3.28. The second-order valence-corrected chi connectivity index (χ2v) is 7.88. The van der Waals surface area contributed by atoms with Gasteiger partial charge in [-0.3, -0.25) is 4.79 Å². The van der Waals surface area contributed by atoms with Crippen LogP contribution in [0.1, 0.15) is 56.5 Å². The zero-order valence-electron chi connectivity index (χ0n) is 19.5. The smallest absolute Gasteiger partial charge is 0.299 e. The van der Waals surface area contributed by atoms with E-state index in [2.05, 4.69) is 34.2 Å². The number of amides is 1. The van der Waals surface area contributed by atoms with Gasteiger partial charge in [-0.15, -0.1) is 5.10 Å². The van der Waals surface area contributed by atoms with E-state index in [9.17, 15) is 18.0 Å². The zero-order valence-corrected chi connectivity index (χ0v) is 19.5. The Bertz CT molecular complexity index is 1210. The number of hydrogen-bond donors (Lipinski definition) is 1. The Kier molecular flexibility index (Phi) is 8.08. The maximum Gasteiger partial charge on any atom is 0.299 e. The van der Waals surface area contributed by atoms with Crippen LogP contribution in [0.3, 0.4) is 0 Å². The van der Waals surface area contributed by atoms with Crippen molar-refractivity contribution >= 4 is 17.0 Å². The maximum absolute atomic E-state index is 12.7. The van der Waals surface area contributed by atoms with Gasteiger partial charge >= 0.3 is 0 Å². The maximum atomic E-state index is 12.7. The summed E-state index contributed by atoms with van der Waals surface area (Å²) in [6.45, 7) is 7.05. The molecule has 3 heterocycles. The predicted molar refractivity (Wildman–Crippen MR) is 120 cm³/mol. The van der Waals surface area contributed by atoms with Gasteiger partial charge in [0.05, 0.1) is 0 Å². The molecule has 0 unspecified atom stereocenters. The van der Waals surface area contributed by atoms with E-state index in [1.807, 2.05) is 13.1 Å². The lowest BCUT2D eigenvalue weighted by Gasteiger charge is -2.29. The molecule has 1 N–H and O–H groups in total. The first kappa shape index (κ1) is 25.0. The van der Waals surface area contributed by atoms with Gasteiger partial charge in [0.1, 0.15) is 5.52 Å². The molecule has 8 nitrogen and oxygen atoms in total. The molecule has 0 bridgehead atoms. The number of alkyl halides is 2. The first-order valence-electron chi connectivity index (χ1n) is 10.8. The monoisotopic (exact) mass is 476 g/mol. The fourth-order valence-electron chi connectivity index (χ4n) is 3.28. The van der Waals surface area contributed by atoms with Gasteiger partial charge in [-0.1, -0.05) is 18.6 Å². The van der Waals surface area contributed by atoms with Gasteiger partial charge in [0, 0.05) is 32.3 Å². The molecule has 182 valence electrons. The molecule has 0 atom stereocenters. The van der Waals surface area contributed by atoms with E-state index in [1.54, 1.807) is 17.0 Å². The van der Waals surface area contributed by atoms with Crippen molar-refractivity contribution in [1.82, 2.24) is 30.0 Å². The van der Waals surface area contributed by atoms with Crippen LogP contribution in [-0.4, -0.2) is 43.6 Å². The molecule has 3 aromatic rings. The number of nitrogens with zero attached hydrogens (tertiary/aromatic N) is 5. The standard InChI is InChI=1S/C16H23F2N5O.C7H4FNO/c1-5-10(2)8-19-12-6-7-23(9-11(12)3)16(24)15-20-14(13(17)18)21-22(15)4;8-5-2-1-3-6-7(5)10-4-9-6/h8,13,19H,5-7,9H2,1-4H3;1-4H. The third-order valence-corrected chi connectivity index (χ3v) is 5.39. The molecule has 11 heteroatoms. The van der Waals surface area contributed by atoms with Gasteiger partial charge in [-0.05, 0) is 44.2 Å². The van der Waals surface area contributed by atoms with E-state index in [4.69, 9.17) is 4.42 Å². The van der Waals surface area contributed by atoms with Crippen LogP contribution in [0.2, 0.25) is 0 Å². The Balaban J connectivity index is 0.000000266. The minimum absolute atomic E-state index is 0.0590. The molecule has 1 aliphatic rings. The molecule has 0 fully saturated rings. The van der Waals surface area contributed by atoms with Gasteiger partial charge in [0.15, 0.2) is 17.8 Å². The number of carbonyl (C=O) groups is 1. The van der Waals surface area contributed by atoms with Crippen molar-refractivity contribution in [2.75, 3.05) is 13.1 Å². The molecule has 1 aromatic carbocycles. The Hall–Kier alpha value is -3.63. The van der Waals surface area contributed by atoms with Crippen LogP contribution in [0.4, 0.5) is 13.2 Å². The summed E-state index contributed by atoms with van der Waals surface area (Å²) < 4.78 is 43.9. The van der Waals surface area contributed by atoms with Crippen molar-refractivity contribution in [2.45, 2.75) is 40.0 Å². The lowest BCUT2D eigenvalue weighted by Crippen LogP contribution is -2.39. The van der Waals surface area contributed by atoms with Crippen molar-refractivity contribution in [3.8, 4) is 0 Å². The quantitative estimate of drug-likeness (QED) is 0.572. The SMILES string of the molecule is CCC(C)=CNC1=C(C)CN(C(=O)c2nc(C(F)F)nn2C)CC1.Fc1cccc2ncoc12. The number of nitrogens with one attached hydrogen (secondary N) is 1. The van der Waals surface area contributed by atoms with Gasteiger partial charge in [0.2, 0.25) is 11.6 Å². The molecule has 0 radical (unpaired) electrons. The summed E-state index contributed by atoms with van der Waals surface area (Å²) in [6.07, 6.45) is 2.08. The number of oxazole rings is 1. The molecular formula is C23H27F3N6O2. The van der Waals surface area contributed by atoms with Crippen molar-refractivity contribution in [1.29, 1.82) is 0 Å². The summed E-state index contributed by atoms with van der Waals surface area (Å²) in [5, 5.41) is 6.89. The number of benzene rings is 1. The third kappa shape index (κ3) is 5.83. The summed E-state index contributed by atoms with van der Waals surface area (Å²) in [5.74, 6) is -1.42. The van der Waals surface area contributed by atoms with Crippen LogP contribution in [-0.2, 0) is 7.05 Å². The van der Waals surface area contributed by atoms with Gasteiger partial charge < -0.3 is 14.6 Å². The van der Waals surface area contributed by atoms with Crippen molar-refractivity contribution in [2.24, 2.45) is 7.05 Å². The number of aryl methyl sites for hydroxylation is 1. The summed E-state index contributed by atoms with van der Waals surface area (Å²) >= 11 is 0. The lowest BCUT2D eigenvalue weighted by molar-refractivity contribution is 0.0745. The summed E-state index contributed by atoms with van der Waals surface area (Å²) in [5.41, 5.74) is 4.17. The van der Waals surface area contributed by atoms with Gasteiger partial charge in [0.25, 0.3) is 12.3 Å². The average Bonchev–Trinajstić information content (AvgIpc) is 3.45. The number of para-hydroxylation sites is 1. The number of rotatable bonds is 5. The van der Waals surface area contributed by atoms with E-state index in [0.29, 0.717) is 25.0 Å². The predicted octanol–water partition coefficient (Wildman–Crippen LogP) is 4.74. The fraction of sp³-hybridized carbons (Fsp3) is 0.391. The van der Waals surface area contributed by atoms with Crippen molar-refractivity contribution in [3.63, 3.8) is 0 Å². The second-order valence-electron chi connectivity index (χ2n) is 7.88. The molecule has 1 amide bonds. The van der Waals surface area contributed by atoms with Crippen LogP contribution in [0.15, 0.2) is 52.1 Å². The highest BCUT2D eigenvalue weighted by Crippen LogP contribution is 2.20. The molecule has 0 spiro atoms. The Labute approximate surface area is 195 Å². The van der Waals surface area contributed by atoms with Crippen molar-refractivity contribution in [3.05, 3.63) is 65.1 Å². The molecule has 0 saturated carbocycles.